The van der Waals surface area contributed by atoms with Crippen molar-refractivity contribution in [2.24, 2.45) is 0 Å². The van der Waals surface area contributed by atoms with Gasteiger partial charge in [-0.3, -0.25) is 4.52 Å². The molecular formula is C14H13Cl2O3P. The van der Waals surface area contributed by atoms with E-state index in [2.05, 4.69) is 0 Å². The Bertz CT molecular complexity index is 632. The average molecular weight is 331 g/mol. The van der Waals surface area contributed by atoms with Crippen molar-refractivity contribution in [3.63, 3.8) is 0 Å². The second-order valence-electron chi connectivity index (χ2n) is 3.92. The summed E-state index contributed by atoms with van der Waals surface area (Å²) in [6.07, 6.45) is 0. The lowest BCUT2D eigenvalue weighted by Crippen LogP contribution is -2.12. The highest BCUT2D eigenvalue weighted by molar-refractivity contribution is 7.62. The average Bonchev–Trinajstić information content (AvgIpc) is 2.43. The molecule has 0 heterocycles. The monoisotopic (exact) mass is 330 g/mol. The molecule has 3 nitrogen and oxygen atoms in total. The molecule has 20 heavy (non-hydrogen) atoms. The van der Waals surface area contributed by atoms with E-state index in [0.29, 0.717) is 10.3 Å². The minimum atomic E-state index is -3.46. The van der Waals surface area contributed by atoms with Gasteiger partial charge in [0.15, 0.2) is 0 Å². The first-order chi connectivity index (χ1) is 9.55. The Morgan fingerprint density at radius 2 is 1.80 bits per heavy atom. The van der Waals surface area contributed by atoms with Crippen molar-refractivity contribution in [1.29, 1.82) is 0 Å². The number of hydrogen-bond acceptors (Lipinski definition) is 3. The molecule has 0 saturated carbocycles. The largest absolute Gasteiger partial charge is 0.420 e. The molecule has 0 N–H and O–H groups in total. The highest BCUT2D eigenvalue weighted by atomic mass is 35.5. The summed E-state index contributed by atoms with van der Waals surface area (Å²) < 4.78 is 23.8. The van der Waals surface area contributed by atoms with E-state index >= 15 is 0 Å². The van der Waals surface area contributed by atoms with Gasteiger partial charge in [0.2, 0.25) is 0 Å². The van der Waals surface area contributed by atoms with E-state index < -0.39 is 7.60 Å². The molecule has 6 heteroatoms. The van der Waals surface area contributed by atoms with Gasteiger partial charge in [-0.2, -0.15) is 0 Å². The van der Waals surface area contributed by atoms with E-state index in [1.165, 1.54) is 6.07 Å². The van der Waals surface area contributed by atoms with E-state index in [-0.39, 0.29) is 17.4 Å². The maximum Gasteiger partial charge on any atom is 0.410 e. The Morgan fingerprint density at radius 3 is 2.40 bits per heavy atom. The maximum atomic E-state index is 12.9. The summed E-state index contributed by atoms with van der Waals surface area (Å²) in [5.74, 6) is 0.275. The van der Waals surface area contributed by atoms with Crippen LogP contribution in [0, 0.1) is 0 Å². The molecule has 0 aliphatic carbocycles. The lowest BCUT2D eigenvalue weighted by molar-refractivity contribution is 0.289. The SMILES string of the molecule is CCOP(=O)(Oc1ccc(Cl)cc1Cl)c1ccccc1. The van der Waals surface area contributed by atoms with E-state index in [1.54, 1.807) is 43.3 Å². The lowest BCUT2D eigenvalue weighted by atomic mass is 10.3. The summed E-state index contributed by atoms with van der Waals surface area (Å²) in [4.78, 5) is 0. The van der Waals surface area contributed by atoms with Crippen LogP contribution in [0.4, 0.5) is 0 Å². The Labute approximate surface area is 128 Å². The van der Waals surface area contributed by atoms with Gasteiger partial charge in [-0.05, 0) is 37.3 Å². The summed E-state index contributed by atoms with van der Waals surface area (Å²) >= 11 is 11.9. The summed E-state index contributed by atoms with van der Waals surface area (Å²) in [6, 6.07) is 13.5. The number of hydrogen-bond donors (Lipinski definition) is 0. The normalized spacial score (nSPS) is 13.8. The first kappa shape index (κ1) is 15.4. The third-order valence-corrected chi connectivity index (χ3v) is 4.98. The van der Waals surface area contributed by atoms with Crippen molar-refractivity contribution in [3.8, 4) is 5.75 Å². The van der Waals surface area contributed by atoms with Crippen LogP contribution in [-0.2, 0) is 9.09 Å². The lowest BCUT2D eigenvalue weighted by Gasteiger charge is -2.19. The van der Waals surface area contributed by atoms with E-state index in [9.17, 15) is 4.57 Å². The van der Waals surface area contributed by atoms with Crippen molar-refractivity contribution < 1.29 is 13.6 Å². The highest BCUT2D eigenvalue weighted by Crippen LogP contribution is 2.48. The minimum absolute atomic E-state index is 0.261. The molecule has 0 bridgehead atoms. The predicted octanol–water partition coefficient (Wildman–Crippen LogP) is 4.93. The molecule has 1 unspecified atom stereocenters. The quantitative estimate of drug-likeness (QED) is 0.729. The summed E-state index contributed by atoms with van der Waals surface area (Å²) in [5.41, 5.74) is 0. The smallest absolute Gasteiger partial charge is 0.410 e. The van der Waals surface area contributed by atoms with E-state index in [1.807, 2.05) is 6.07 Å². The Hall–Kier alpha value is -0.990. The molecule has 0 radical (unpaired) electrons. The van der Waals surface area contributed by atoms with Crippen LogP contribution in [-0.4, -0.2) is 6.61 Å². The summed E-state index contributed by atoms with van der Waals surface area (Å²) in [5, 5.41) is 1.24. The number of rotatable bonds is 5. The van der Waals surface area contributed by atoms with Crippen molar-refractivity contribution in [2.45, 2.75) is 6.92 Å². The third kappa shape index (κ3) is 3.56. The van der Waals surface area contributed by atoms with Crippen LogP contribution in [0.2, 0.25) is 10.0 Å². The first-order valence-corrected chi connectivity index (χ1v) is 8.30. The van der Waals surface area contributed by atoms with Crippen LogP contribution in [0.3, 0.4) is 0 Å². The van der Waals surface area contributed by atoms with Crippen molar-refractivity contribution in [1.82, 2.24) is 0 Å². The van der Waals surface area contributed by atoms with E-state index in [4.69, 9.17) is 32.2 Å². The van der Waals surface area contributed by atoms with Crippen molar-refractivity contribution >= 4 is 36.1 Å². The molecule has 2 rings (SSSR count). The highest BCUT2D eigenvalue weighted by Gasteiger charge is 2.29. The van der Waals surface area contributed by atoms with Gasteiger partial charge in [0.1, 0.15) is 5.75 Å². The van der Waals surface area contributed by atoms with Gasteiger partial charge in [0, 0.05) is 5.02 Å². The molecule has 106 valence electrons. The molecule has 0 amide bonds. The zero-order valence-electron chi connectivity index (χ0n) is 10.8. The molecule has 0 aliphatic rings. The fourth-order valence-electron chi connectivity index (χ4n) is 1.61. The Morgan fingerprint density at radius 1 is 1.10 bits per heavy atom. The number of halogens is 2. The Kier molecular flexibility index (Phi) is 5.11. The summed E-state index contributed by atoms with van der Waals surface area (Å²) in [6.45, 7) is 2.01. The van der Waals surface area contributed by atoms with Gasteiger partial charge in [0.05, 0.1) is 16.9 Å². The third-order valence-electron chi connectivity index (χ3n) is 2.48. The van der Waals surface area contributed by atoms with Crippen LogP contribution in [0.1, 0.15) is 6.92 Å². The van der Waals surface area contributed by atoms with Crippen LogP contribution < -0.4 is 9.83 Å². The van der Waals surface area contributed by atoms with Gasteiger partial charge >= 0.3 is 7.60 Å². The molecular weight excluding hydrogens is 318 g/mol. The van der Waals surface area contributed by atoms with Gasteiger partial charge in [-0.1, -0.05) is 41.4 Å². The second kappa shape index (κ2) is 6.64. The molecule has 0 fully saturated rings. The molecule has 2 aromatic rings. The van der Waals surface area contributed by atoms with Crippen LogP contribution >= 0.6 is 30.8 Å². The molecule has 0 saturated heterocycles. The predicted molar refractivity (Wildman–Crippen MR) is 82.4 cm³/mol. The zero-order valence-corrected chi connectivity index (χ0v) is 13.2. The first-order valence-electron chi connectivity index (χ1n) is 6.00. The maximum absolute atomic E-state index is 12.9. The molecule has 1 atom stereocenters. The van der Waals surface area contributed by atoms with Crippen molar-refractivity contribution in [2.75, 3.05) is 6.61 Å². The molecule has 0 aliphatic heterocycles. The van der Waals surface area contributed by atoms with Crippen LogP contribution in [0.25, 0.3) is 0 Å². The Balaban J connectivity index is 2.37. The standard InChI is InChI=1S/C14H13Cl2O3P/c1-2-18-20(17,12-6-4-3-5-7-12)19-14-9-8-11(15)10-13(14)16/h3-10H,2H2,1H3. The van der Waals surface area contributed by atoms with Gasteiger partial charge in [-0.15, -0.1) is 0 Å². The fourth-order valence-corrected chi connectivity index (χ4v) is 3.72. The fraction of sp³-hybridized carbons (Fsp3) is 0.143. The summed E-state index contributed by atoms with van der Waals surface area (Å²) in [7, 11) is -3.46. The van der Waals surface area contributed by atoms with Crippen molar-refractivity contribution in [3.05, 3.63) is 58.6 Å². The molecule has 2 aromatic carbocycles. The molecule has 0 spiro atoms. The van der Waals surface area contributed by atoms with Gasteiger partial charge in [0.25, 0.3) is 0 Å². The second-order valence-corrected chi connectivity index (χ2v) is 6.71. The van der Waals surface area contributed by atoms with Crippen LogP contribution in [0.5, 0.6) is 5.75 Å². The van der Waals surface area contributed by atoms with Gasteiger partial charge < -0.3 is 4.52 Å². The minimum Gasteiger partial charge on any atom is -0.420 e. The topological polar surface area (TPSA) is 35.5 Å². The van der Waals surface area contributed by atoms with Crippen LogP contribution in [0.15, 0.2) is 48.5 Å². The van der Waals surface area contributed by atoms with E-state index in [0.717, 1.165) is 0 Å². The molecule has 0 aromatic heterocycles. The number of benzene rings is 2. The van der Waals surface area contributed by atoms with Gasteiger partial charge in [-0.25, -0.2) is 4.57 Å². The zero-order chi connectivity index (χ0) is 14.6.